The third-order valence-electron chi connectivity index (χ3n) is 7.37. The number of hydrogen-bond donors (Lipinski definition) is 0. The summed E-state index contributed by atoms with van der Waals surface area (Å²) in [7, 11) is 0. The molecule has 0 radical (unpaired) electrons. The number of carbonyl (C=O) groups is 2. The van der Waals surface area contributed by atoms with Crippen LogP contribution in [0.5, 0.6) is 0 Å². The Morgan fingerprint density at radius 3 is 2.67 bits per heavy atom. The minimum atomic E-state index is -0.327. The molecule has 6 heteroatoms. The van der Waals surface area contributed by atoms with E-state index in [0.29, 0.717) is 24.7 Å². The number of amides is 1. The van der Waals surface area contributed by atoms with Gasteiger partial charge in [0.25, 0.3) is 0 Å². The van der Waals surface area contributed by atoms with E-state index in [1.54, 1.807) is 13.0 Å². The fourth-order valence-corrected chi connectivity index (χ4v) is 5.63. The van der Waals surface area contributed by atoms with Crippen LogP contribution in [0.3, 0.4) is 0 Å². The Morgan fingerprint density at radius 2 is 2.00 bits per heavy atom. The van der Waals surface area contributed by atoms with Crippen LogP contribution in [0.1, 0.15) is 66.3 Å². The summed E-state index contributed by atoms with van der Waals surface area (Å²) >= 11 is 0. The molecule has 33 heavy (non-hydrogen) atoms. The molecule has 0 bridgehead atoms. The van der Waals surface area contributed by atoms with E-state index in [9.17, 15) is 9.59 Å². The molecule has 2 aliphatic heterocycles. The second-order valence-corrected chi connectivity index (χ2v) is 9.82. The van der Waals surface area contributed by atoms with E-state index >= 15 is 0 Å². The number of esters is 1. The van der Waals surface area contributed by atoms with E-state index in [4.69, 9.17) is 14.5 Å². The quantitative estimate of drug-likeness (QED) is 0.633. The summed E-state index contributed by atoms with van der Waals surface area (Å²) in [6.07, 6.45) is 3.65. The van der Waals surface area contributed by atoms with Gasteiger partial charge in [0.15, 0.2) is 0 Å². The van der Waals surface area contributed by atoms with Crippen LogP contribution >= 0.6 is 0 Å². The van der Waals surface area contributed by atoms with Crippen LogP contribution in [0.4, 0.5) is 5.69 Å². The van der Waals surface area contributed by atoms with Crippen molar-refractivity contribution >= 4 is 17.6 Å². The molecular weight excluding hydrogens is 416 g/mol. The van der Waals surface area contributed by atoms with E-state index in [1.807, 2.05) is 36.1 Å². The molecule has 1 saturated carbocycles. The molecule has 3 heterocycles. The number of benzene rings is 1. The molecule has 1 amide bonds. The van der Waals surface area contributed by atoms with Crippen molar-refractivity contribution in [1.29, 1.82) is 0 Å². The second-order valence-electron chi connectivity index (χ2n) is 9.82. The predicted molar refractivity (Wildman–Crippen MR) is 125 cm³/mol. The maximum atomic E-state index is 12.9. The van der Waals surface area contributed by atoms with E-state index < -0.39 is 0 Å². The van der Waals surface area contributed by atoms with Crippen molar-refractivity contribution in [3.63, 3.8) is 0 Å². The topological polar surface area (TPSA) is 68.7 Å². The SMILES string of the molecule is CC(=O)N1c2ccc(C(=O)O[C@@H]3CCOC3)cc2[C@H](Cc2cccc(C)n2)[C@@H](C)[C@@H]1C1CC1. The zero-order valence-electron chi connectivity index (χ0n) is 19.6. The lowest BCUT2D eigenvalue weighted by Crippen LogP contribution is -2.50. The average Bonchev–Trinajstić information content (AvgIpc) is 3.50. The highest BCUT2D eigenvalue weighted by molar-refractivity contribution is 5.96. The van der Waals surface area contributed by atoms with Crippen molar-refractivity contribution in [3.05, 3.63) is 58.9 Å². The Morgan fingerprint density at radius 1 is 1.18 bits per heavy atom. The molecule has 1 aromatic heterocycles. The molecule has 6 nitrogen and oxygen atoms in total. The molecule has 2 aromatic rings. The van der Waals surface area contributed by atoms with Gasteiger partial charge in [0.2, 0.25) is 5.91 Å². The second kappa shape index (κ2) is 8.90. The van der Waals surface area contributed by atoms with Crippen LogP contribution in [0.15, 0.2) is 36.4 Å². The molecule has 174 valence electrons. The monoisotopic (exact) mass is 448 g/mol. The molecule has 1 saturated heterocycles. The van der Waals surface area contributed by atoms with Crippen LogP contribution in [0.25, 0.3) is 0 Å². The molecule has 1 aliphatic carbocycles. The number of aryl methyl sites for hydroxylation is 1. The van der Waals surface area contributed by atoms with Crippen LogP contribution in [-0.4, -0.2) is 42.2 Å². The number of fused-ring (bicyclic) bond motifs is 1. The third kappa shape index (κ3) is 4.41. The minimum absolute atomic E-state index is 0.0607. The van der Waals surface area contributed by atoms with Gasteiger partial charge in [-0.1, -0.05) is 13.0 Å². The van der Waals surface area contributed by atoms with Gasteiger partial charge in [-0.05, 0) is 79.8 Å². The summed E-state index contributed by atoms with van der Waals surface area (Å²) in [5.74, 6) is 0.693. The van der Waals surface area contributed by atoms with Crippen molar-refractivity contribution in [1.82, 2.24) is 4.98 Å². The van der Waals surface area contributed by atoms with Crippen molar-refractivity contribution < 1.29 is 19.1 Å². The Kier molecular flexibility index (Phi) is 5.95. The van der Waals surface area contributed by atoms with Crippen LogP contribution in [0.2, 0.25) is 0 Å². The first kappa shape index (κ1) is 22.1. The first-order valence-corrected chi connectivity index (χ1v) is 12.1. The van der Waals surface area contributed by atoms with Gasteiger partial charge in [-0.15, -0.1) is 0 Å². The number of hydrogen-bond acceptors (Lipinski definition) is 5. The highest BCUT2D eigenvalue weighted by Gasteiger charge is 2.47. The first-order valence-electron chi connectivity index (χ1n) is 12.1. The normalized spacial score (nSPS) is 26.7. The zero-order valence-corrected chi connectivity index (χ0v) is 19.6. The molecule has 0 spiro atoms. The fraction of sp³-hybridized carbons (Fsp3) is 0.519. The number of aromatic nitrogens is 1. The minimum Gasteiger partial charge on any atom is -0.456 e. The fourth-order valence-electron chi connectivity index (χ4n) is 5.63. The molecular formula is C27H32N2O4. The summed E-state index contributed by atoms with van der Waals surface area (Å²) in [5, 5.41) is 0. The Labute approximate surface area is 195 Å². The van der Waals surface area contributed by atoms with Gasteiger partial charge in [0.1, 0.15) is 6.10 Å². The number of carbonyl (C=O) groups excluding carboxylic acids is 2. The van der Waals surface area contributed by atoms with Gasteiger partial charge in [-0.2, -0.15) is 0 Å². The lowest BCUT2D eigenvalue weighted by molar-refractivity contribution is -0.117. The van der Waals surface area contributed by atoms with E-state index in [2.05, 4.69) is 13.0 Å². The van der Waals surface area contributed by atoms with Crippen molar-refractivity contribution in [3.8, 4) is 0 Å². The molecule has 2 fully saturated rings. The van der Waals surface area contributed by atoms with Crippen LogP contribution in [0, 0.1) is 18.8 Å². The van der Waals surface area contributed by atoms with Gasteiger partial charge in [-0.25, -0.2) is 4.79 Å². The van der Waals surface area contributed by atoms with Crippen molar-refractivity contribution in [2.75, 3.05) is 18.1 Å². The number of pyridine rings is 1. The van der Waals surface area contributed by atoms with E-state index in [-0.39, 0.29) is 35.9 Å². The average molecular weight is 449 g/mol. The van der Waals surface area contributed by atoms with Gasteiger partial charge in [0, 0.05) is 36.5 Å². The van der Waals surface area contributed by atoms with Gasteiger partial charge >= 0.3 is 5.97 Å². The molecule has 5 rings (SSSR count). The van der Waals surface area contributed by atoms with Crippen molar-refractivity contribution in [2.24, 2.45) is 11.8 Å². The largest absolute Gasteiger partial charge is 0.456 e. The Bertz CT molecular complexity index is 1060. The van der Waals surface area contributed by atoms with E-state index in [0.717, 1.165) is 48.3 Å². The molecule has 0 unspecified atom stereocenters. The number of anilines is 1. The summed E-state index contributed by atoms with van der Waals surface area (Å²) < 4.78 is 11.0. The first-order chi connectivity index (χ1) is 15.9. The predicted octanol–water partition coefficient (Wildman–Crippen LogP) is 4.44. The highest BCUT2D eigenvalue weighted by atomic mass is 16.6. The summed E-state index contributed by atoms with van der Waals surface area (Å²) in [6, 6.07) is 12.0. The lowest BCUT2D eigenvalue weighted by Gasteiger charge is -2.45. The third-order valence-corrected chi connectivity index (χ3v) is 7.37. The number of rotatable bonds is 5. The number of ether oxygens (including phenoxy) is 2. The standard InChI is InChI=1S/C27H32N2O4/c1-16-5-4-6-21(28-16)14-23-17(2)26(19-7-8-19)29(18(3)30)25-10-9-20(13-24(23)25)27(31)33-22-11-12-32-15-22/h4-6,9-10,13,17,19,22-23,26H,7-8,11-12,14-15H2,1-3H3/t17-,22-,23-,26-/m1/s1. The van der Waals surface area contributed by atoms with Gasteiger partial charge in [-0.3, -0.25) is 9.78 Å². The maximum Gasteiger partial charge on any atom is 0.338 e. The summed E-state index contributed by atoms with van der Waals surface area (Å²) in [5.41, 5.74) is 4.53. The molecule has 3 aliphatic rings. The summed E-state index contributed by atoms with van der Waals surface area (Å²) in [4.78, 5) is 32.5. The smallest absolute Gasteiger partial charge is 0.338 e. The van der Waals surface area contributed by atoms with Crippen molar-refractivity contribution in [2.45, 2.75) is 64.5 Å². The zero-order chi connectivity index (χ0) is 23.1. The molecule has 4 atom stereocenters. The number of nitrogens with zero attached hydrogens (tertiary/aromatic N) is 2. The maximum absolute atomic E-state index is 12.9. The Balaban J connectivity index is 1.54. The highest BCUT2D eigenvalue weighted by Crippen LogP contribution is 2.51. The summed E-state index contributed by atoms with van der Waals surface area (Å²) in [6.45, 7) is 6.99. The van der Waals surface area contributed by atoms with Crippen LogP contribution < -0.4 is 4.90 Å². The lowest BCUT2D eigenvalue weighted by atomic mass is 9.73. The van der Waals surface area contributed by atoms with E-state index in [1.165, 1.54) is 0 Å². The van der Waals surface area contributed by atoms with Crippen LogP contribution in [-0.2, 0) is 20.7 Å². The van der Waals surface area contributed by atoms with Gasteiger partial charge in [0.05, 0.1) is 18.8 Å². The Hall–Kier alpha value is -2.73. The molecule has 1 aromatic carbocycles. The molecule has 0 N–H and O–H groups in total. The van der Waals surface area contributed by atoms with Gasteiger partial charge < -0.3 is 14.4 Å².